The van der Waals surface area contributed by atoms with Gasteiger partial charge in [-0.15, -0.1) is 11.3 Å². The molecule has 2 aromatic rings. The first-order valence-electron chi connectivity index (χ1n) is 6.17. The Morgan fingerprint density at radius 2 is 2.00 bits per heavy atom. The van der Waals surface area contributed by atoms with Crippen LogP contribution in [0.1, 0.15) is 34.5 Å². The summed E-state index contributed by atoms with van der Waals surface area (Å²) >= 11 is 5.43. The smallest absolute Gasteiger partial charge is 0.0682 e. The summed E-state index contributed by atoms with van der Waals surface area (Å²) in [5.74, 6) is 0. The van der Waals surface area contributed by atoms with Gasteiger partial charge in [0.1, 0.15) is 0 Å². The molecule has 18 heavy (non-hydrogen) atoms. The van der Waals surface area contributed by atoms with Gasteiger partial charge >= 0.3 is 0 Å². The molecular formula is C15H18BrNS. The molecule has 1 atom stereocenters. The van der Waals surface area contributed by atoms with E-state index in [0.717, 1.165) is 6.54 Å². The third kappa shape index (κ3) is 2.85. The fraction of sp³-hybridized carbons (Fsp3) is 0.333. The van der Waals surface area contributed by atoms with Crippen LogP contribution in [0.15, 0.2) is 34.1 Å². The zero-order valence-corrected chi connectivity index (χ0v) is 13.4. The average molecular weight is 324 g/mol. The molecule has 0 saturated carbocycles. The van der Waals surface area contributed by atoms with Crippen molar-refractivity contribution in [3.8, 4) is 0 Å². The van der Waals surface area contributed by atoms with Crippen LogP contribution in [0.5, 0.6) is 0 Å². The molecule has 0 aliphatic rings. The number of nitrogens with one attached hydrogen (secondary N) is 1. The number of hydrogen-bond donors (Lipinski definition) is 1. The second-order valence-corrected chi connectivity index (χ2v) is 6.27. The molecule has 0 aliphatic heterocycles. The van der Waals surface area contributed by atoms with E-state index in [9.17, 15) is 0 Å². The summed E-state index contributed by atoms with van der Waals surface area (Å²) < 4.78 is 1.19. The molecule has 0 bridgehead atoms. The van der Waals surface area contributed by atoms with Gasteiger partial charge in [0.2, 0.25) is 0 Å². The van der Waals surface area contributed by atoms with Gasteiger partial charge < -0.3 is 5.32 Å². The maximum atomic E-state index is 3.64. The molecular weight excluding hydrogens is 306 g/mol. The largest absolute Gasteiger partial charge is 0.306 e. The highest BCUT2D eigenvalue weighted by Gasteiger charge is 2.17. The van der Waals surface area contributed by atoms with Crippen LogP contribution in [0.3, 0.4) is 0 Å². The minimum atomic E-state index is 0.281. The number of halogens is 1. The van der Waals surface area contributed by atoms with Crippen molar-refractivity contribution >= 4 is 27.3 Å². The predicted octanol–water partition coefficient (Wildman–Crippen LogP) is 4.83. The van der Waals surface area contributed by atoms with Crippen LogP contribution >= 0.6 is 27.3 Å². The van der Waals surface area contributed by atoms with Gasteiger partial charge in [0, 0.05) is 9.35 Å². The highest BCUT2D eigenvalue weighted by Crippen LogP contribution is 2.33. The SMILES string of the molecule is CCNC(c1ccc(C)c(C)c1)c1sccc1Br. The van der Waals surface area contributed by atoms with Crippen molar-refractivity contribution in [2.75, 3.05) is 6.54 Å². The lowest BCUT2D eigenvalue weighted by Gasteiger charge is -2.19. The maximum absolute atomic E-state index is 3.64. The maximum Gasteiger partial charge on any atom is 0.0682 e. The van der Waals surface area contributed by atoms with Crippen LogP contribution in [0.2, 0.25) is 0 Å². The number of aryl methyl sites for hydroxylation is 2. The fourth-order valence-electron chi connectivity index (χ4n) is 2.02. The summed E-state index contributed by atoms with van der Waals surface area (Å²) in [6, 6.07) is 9.11. The Morgan fingerprint density at radius 1 is 1.22 bits per heavy atom. The Hall–Kier alpha value is -0.640. The molecule has 1 heterocycles. The van der Waals surface area contributed by atoms with Crippen molar-refractivity contribution in [2.24, 2.45) is 0 Å². The normalized spacial score (nSPS) is 12.7. The standard InChI is InChI=1S/C15H18BrNS/c1-4-17-14(15-13(16)7-8-18-15)12-6-5-10(2)11(3)9-12/h5-9,14,17H,4H2,1-3H3. The Balaban J connectivity index is 2.41. The second kappa shape index (κ2) is 6.00. The third-order valence-electron chi connectivity index (χ3n) is 3.18. The number of rotatable bonds is 4. The van der Waals surface area contributed by atoms with Gasteiger partial charge in [0.15, 0.2) is 0 Å². The molecule has 1 unspecified atom stereocenters. The molecule has 1 aromatic heterocycles. The number of hydrogen-bond acceptors (Lipinski definition) is 2. The van der Waals surface area contributed by atoms with Gasteiger partial charge in [-0.25, -0.2) is 0 Å². The van der Waals surface area contributed by atoms with E-state index in [-0.39, 0.29) is 6.04 Å². The van der Waals surface area contributed by atoms with Crippen molar-refractivity contribution in [3.05, 3.63) is 55.7 Å². The van der Waals surface area contributed by atoms with Gasteiger partial charge in [-0.3, -0.25) is 0 Å². The van der Waals surface area contributed by atoms with Crippen LogP contribution in [-0.2, 0) is 0 Å². The van der Waals surface area contributed by atoms with E-state index in [1.165, 1.54) is 26.0 Å². The molecule has 1 N–H and O–H groups in total. The molecule has 0 spiro atoms. The van der Waals surface area contributed by atoms with Crippen molar-refractivity contribution in [1.29, 1.82) is 0 Å². The van der Waals surface area contributed by atoms with Gasteiger partial charge in [-0.1, -0.05) is 25.1 Å². The molecule has 0 saturated heterocycles. The molecule has 0 radical (unpaired) electrons. The van der Waals surface area contributed by atoms with Crippen LogP contribution in [0.4, 0.5) is 0 Å². The monoisotopic (exact) mass is 323 g/mol. The highest BCUT2D eigenvalue weighted by atomic mass is 79.9. The molecule has 0 fully saturated rings. The lowest BCUT2D eigenvalue weighted by Crippen LogP contribution is -2.21. The first-order valence-corrected chi connectivity index (χ1v) is 7.84. The average Bonchev–Trinajstić information content (AvgIpc) is 2.76. The first kappa shape index (κ1) is 13.8. The van der Waals surface area contributed by atoms with Gasteiger partial charge in [0.05, 0.1) is 6.04 Å². The minimum Gasteiger partial charge on any atom is -0.306 e. The summed E-state index contributed by atoms with van der Waals surface area (Å²) in [6.07, 6.45) is 0. The Labute approximate surface area is 121 Å². The van der Waals surface area contributed by atoms with E-state index in [0.29, 0.717) is 0 Å². The Bertz CT molecular complexity index is 533. The third-order valence-corrected chi connectivity index (χ3v) is 5.12. The number of benzene rings is 1. The van der Waals surface area contributed by atoms with E-state index in [1.54, 1.807) is 11.3 Å². The summed E-state index contributed by atoms with van der Waals surface area (Å²) in [7, 11) is 0. The van der Waals surface area contributed by atoms with Crippen LogP contribution in [0.25, 0.3) is 0 Å². The van der Waals surface area contributed by atoms with Gasteiger partial charge in [-0.2, -0.15) is 0 Å². The van der Waals surface area contributed by atoms with Crippen LogP contribution < -0.4 is 5.32 Å². The first-order chi connectivity index (χ1) is 8.63. The summed E-state index contributed by atoms with van der Waals surface area (Å²) in [4.78, 5) is 1.35. The zero-order valence-electron chi connectivity index (χ0n) is 11.0. The van der Waals surface area contributed by atoms with Crippen LogP contribution in [0, 0.1) is 13.8 Å². The summed E-state index contributed by atoms with van der Waals surface area (Å²) in [5.41, 5.74) is 4.03. The second-order valence-electron chi connectivity index (χ2n) is 4.47. The Kier molecular flexibility index (Phi) is 4.60. The minimum absolute atomic E-state index is 0.281. The topological polar surface area (TPSA) is 12.0 Å². The Morgan fingerprint density at radius 3 is 2.56 bits per heavy atom. The zero-order chi connectivity index (χ0) is 13.1. The van der Waals surface area contributed by atoms with E-state index in [2.05, 4.69) is 71.7 Å². The fourth-order valence-corrected chi connectivity index (χ4v) is 3.72. The van der Waals surface area contributed by atoms with E-state index in [4.69, 9.17) is 0 Å². The van der Waals surface area contributed by atoms with Crippen molar-refractivity contribution in [2.45, 2.75) is 26.8 Å². The summed E-state index contributed by atoms with van der Waals surface area (Å²) in [6.45, 7) is 7.44. The quantitative estimate of drug-likeness (QED) is 0.850. The predicted molar refractivity (Wildman–Crippen MR) is 83.5 cm³/mol. The molecule has 2 rings (SSSR count). The molecule has 1 aromatic carbocycles. The van der Waals surface area contributed by atoms with Crippen molar-refractivity contribution in [1.82, 2.24) is 5.32 Å². The number of thiophene rings is 1. The van der Waals surface area contributed by atoms with Crippen LogP contribution in [-0.4, -0.2) is 6.54 Å². The lowest BCUT2D eigenvalue weighted by molar-refractivity contribution is 0.637. The molecule has 0 amide bonds. The molecule has 0 aliphatic carbocycles. The summed E-state index contributed by atoms with van der Waals surface area (Å²) in [5, 5.41) is 5.70. The molecule has 96 valence electrons. The van der Waals surface area contributed by atoms with E-state index < -0.39 is 0 Å². The van der Waals surface area contributed by atoms with Crippen molar-refractivity contribution < 1.29 is 0 Å². The van der Waals surface area contributed by atoms with Crippen molar-refractivity contribution in [3.63, 3.8) is 0 Å². The van der Waals surface area contributed by atoms with E-state index in [1.807, 2.05) is 0 Å². The van der Waals surface area contributed by atoms with Gasteiger partial charge in [-0.05, 0) is 64.5 Å². The van der Waals surface area contributed by atoms with Gasteiger partial charge in [0.25, 0.3) is 0 Å². The van der Waals surface area contributed by atoms with E-state index >= 15 is 0 Å². The highest BCUT2D eigenvalue weighted by molar-refractivity contribution is 9.10. The lowest BCUT2D eigenvalue weighted by atomic mass is 10.00. The molecule has 1 nitrogen and oxygen atoms in total. The molecule has 3 heteroatoms.